The van der Waals surface area contributed by atoms with Crippen LogP contribution in [0.3, 0.4) is 0 Å². The standard InChI is InChI=1S/C14H18ClN3S/c1-9-7-14(18(4)17-9)19-11-5-6-12(10(2)16-3)13(15)8-11/h5-8,10,16H,1-4H3. The number of benzene rings is 1. The molecule has 0 aliphatic carbocycles. The van der Waals surface area contributed by atoms with Gasteiger partial charge in [0.25, 0.3) is 0 Å². The van der Waals surface area contributed by atoms with Gasteiger partial charge in [0.05, 0.1) is 10.7 Å². The van der Waals surface area contributed by atoms with Crippen LogP contribution < -0.4 is 5.32 Å². The van der Waals surface area contributed by atoms with Gasteiger partial charge in [-0.2, -0.15) is 5.10 Å². The molecule has 102 valence electrons. The fourth-order valence-electron chi connectivity index (χ4n) is 1.88. The second-order valence-corrected chi connectivity index (χ2v) is 6.04. The van der Waals surface area contributed by atoms with E-state index in [1.807, 2.05) is 31.8 Å². The zero-order chi connectivity index (χ0) is 14.0. The summed E-state index contributed by atoms with van der Waals surface area (Å²) in [5.74, 6) is 0. The van der Waals surface area contributed by atoms with Gasteiger partial charge in [0.15, 0.2) is 0 Å². The van der Waals surface area contributed by atoms with Gasteiger partial charge < -0.3 is 5.32 Å². The molecule has 0 amide bonds. The van der Waals surface area contributed by atoms with Gasteiger partial charge >= 0.3 is 0 Å². The van der Waals surface area contributed by atoms with E-state index in [9.17, 15) is 0 Å². The number of hydrogen-bond acceptors (Lipinski definition) is 3. The van der Waals surface area contributed by atoms with E-state index in [1.54, 1.807) is 11.8 Å². The fraction of sp³-hybridized carbons (Fsp3) is 0.357. The Balaban J connectivity index is 2.23. The molecule has 0 spiro atoms. The Morgan fingerprint density at radius 1 is 1.37 bits per heavy atom. The first-order valence-corrected chi connectivity index (χ1v) is 7.36. The summed E-state index contributed by atoms with van der Waals surface area (Å²) >= 11 is 8.01. The van der Waals surface area contributed by atoms with Gasteiger partial charge in [0.1, 0.15) is 0 Å². The average molecular weight is 296 g/mol. The number of nitrogens with one attached hydrogen (secondary N) is 1. The number of aryl methyl sites for hydroxylation is 2. The van der Waals surface area contributed by atoms with E-state index >= 15 is 0 Å². The van der Waals surface area contributed by atoms with Crippen LogP contribution in [0.25, 0.3) is 0 Å². The SMILES string of the molecule is CNC(C)c1ccc(Sc2cc(C)nn2C)cc1Cl. The van der Waals surface area contributed by atoms with Crippen LogP contribution in [0.4, 0.5) is 0 Å². The summed E-state index contributed by atoms with van der Waals surface area (Å²) in [7, 11) is 3.89. The molecule has 5 heteroatoms. The van der Waals surface area contributed by atoms with Gasteiger partial charge in [0.2, 0.25) is 0 Å². The van der Waals surface area contributed by atoms with Crippen molar-refractivity contribution in [3.8, 4) is 0 Å². The lowest BCUT2D eigenvalue weighted by atomic mass is 10.1. The fourth-order valence-corrected chi connectivity index (χ4v) is 3.25. The van der Waals surface area contributed by atoms with Crippen molar-refractivity contribution < 1.29 is 0 Å². The first kappa shape index (κ1) is 14.4. The summed E-state index contributed by atoms with van der Waals surface area (Å²) in [6.07, 6.45) is 0. The maximum Gasteiger partial charge on any atom is 0.0986 e. The molecule has 1 unspecified atom stereocenters. The molecule has 2 aromatic rings. The average Bonchev–Trinajstić information content (AvgIpc) is 2.67. The third-order valence-electron chi connectivity index (χ3n) is 3.05. The van der Waals surface area contributed by atoms with Crippen LogP contribution in [-0.4, -0.2) is 16.8 Å². The van der Waals surface area contributed by atoms with Crippen molar-refractivity contribution in [3.05, 3.63) is 40.5 Å². The third kappa shape index (κ3) is 3.32. The predicted molar refractivity (Wildman–Crippen MR) is 81.0 cm³/mol. The Bertz CT molecular complexity index is 580. The Labute approximate surface area is 123 Å². The van der Waals surface area contributed by atoms with Crippen molar-refractivity contribution in [2.75, 3.05) is 7.05 Å². The third-order valence-corrected chi connectivity index (χ3v) is 4.46. The molecule has 0 bridgehead atoms. The Kier molecular flexibility index (Phi) is 4.55. The van der Waals surface area contributed by atoms with Gasteiger partial charge in [-0.3, -0.25) is 4.68 Å². The largest absolute Gasteiger partial charge is 0.313 e. The van der Waals surface area contributed by atoms with E-state index in [4.69, 9.17) is 11.6 Å². The number of halogens is 1. The number of aromatic nitrogens is 2. The highest BCUT2D eigenvalue weighted by atomic mass is 35.5. The molecular formula is C14H18ClN3S. The van der Waals surface area contributed by atoms with Crippen LogP contribution in [0.2, 0.25) is 5.02 Å². The Hall–Kier alpha value is -0.970. The molecule has 1 aromatic heterocycles. The highest BCUT2D eigenvalue weighted by Gasteiger charge is 2.10. The summed E-state index contributed by atoms with van der Waals surface area (Å²) in [5.41, 5.74) is 2.14. The van der Waals surface area contributed by atoms with Crippen molar-refractivity contribution in [1.82, 2.24) is 15.1 Å². The quantitative estimate of drug-likeness (QED) is 0.930. The lowest BCUT2D eigenvalue weighted by Crippen LogP contribution is -2.12. The lowest BCUT2D eigenvalue weighted by molar-refractivity contribution is 0.652. The van der Waals surface area contributed by atoms with Gasteiger partial charge in [-0.25, -0.2) is 0 Å². The van der Waals surface area contributed by atoms with E-state index in [-0.39, 0.29) is 6.04 Å². The van der Waals surface area contributed by atoms with Crippen LogP contribution in [0.1, 0.15) is 24.2 Å². The number of nitrogens with zero attached hydrogens (tertiary/aromatic N) is 2. The molecule has 1 atom stereocenters. The van der Waals surface area contributed by atoms with Crippen molar-refractivity contribution >= 4 is 23.4 Å². The van der Waals surface area contributed by atoms with Crippen LogP contribution >= 0.6 is 23.4 Å². The molecule has 1 heterocycles. The summed E-state index contributed by atoms with van der Waals surface area (Å²) in [5, 5.41) is 9.45. The summed E-state index contributed by atoms with van der Waals surface area (Å²) in [6.45, 7) is 4.09. The zero-order valence-corrected chi connectivity index (χ0v) is 13.1. The van der Waals surface area contributed by atoms with E-state index in [2.05, 4.69) is 35.5 Å². The van der Waals surface area contributed by atoms with Gasteiger partial charge in [-0.1, -0.05) is 29.4 Å². The highest BCUT2D eigenvalue weighted by molar-refractivity contribution is 7.99. The summed E-state index contributed by atoms with van der Waals surface area (Å²) in [4.78, 5) is 1.13. The Morgan fingerprint density at radius 3 is 2.63 bits per heavy atom. The molecule has 0 radical (unpaired) electrons. The van der Waals surface area contributed by atoms with E-state index in [0.717, 1.165) is 26.2 Å². The van der Waals surface area contributed by atoms with Gasteiger partial charge in [-0.15, -0.1) is 0 Å². The molecule has 0 saturated carbocycles. The molecule has 0 aliphatic rings. The minimum absolute atomic E-state index is 0.255. The molecule has 0 fully saturated rings. The van der Waals surface area contributed by atoms with Crippen molar-refractivity contribution in [2.45, 2.75) is 29.8 Å². The first-order chi connectivity index (χ1) is 9.01. The lowest BCUT2D eigenvalue weighted by Gasteiger charge is -2.13. The minimum Gasteiger partial charge on any atom is -0.313 e. The maximum absolute atomic E-state index is 6.34. The zero-order valence-electron chi connectivity index (χ0n) is 11.6. The molecular weight excluding hydrogens is 278 g/mol. The first-order valence-electron chi connectivity index (χ1n) is 6.16. The molecule has 0 saturated heterocycles. The van der Waals surface area contributed by atoms with Crippen LogP contribution in [0, 0.1) is 6.92 Å². The highest BCUT2D eigenvalue weighted by Crippen LogP contribution is 2.32. The minimum atomic E-state index is 0.255. The van der Waals surface area contributed by atoms with E-state index in [0.29, 0.717) is 0 Å². The monoisotopic (exact) mass is 295 g/mol. The van der Waals surface area contributed by atoms with Crippen LogP contribution in [-0.2, 0) is 7.05 Å². The summed E-state index contributed by atoms with van der Waals surface area (Å²) in [6, 6.07) is 8.52. The molecule has 1 N–H and O–H groups in total. The number of rotatable bonds is 4. The van der Waals surface area contributed by atoms with Gasteiger partial charge in [0, 0.05) is 23.0 Å². The van der Waals surface area contributed by atoms with E-state index < -0.39 is 0 Å². The smallest absolute Gasteiger partial charge is 0.0986 e. The van der Waals surface area contributed by atoms with E-state index in [1.165, 1.54) is 0 Å². The molecule has 2 rings (SSSR count). The predicted octanol–water partition coefficient (Wildman–Crippen LogP) is 3.81. The molecule has 1 aromatic carbocycles. The van der Waals surface area contributed by atoms with Crippen LogP contribution in [0.5, 0.6) is 0 Å². The number of hydrogen-bond donors (Lipinski definition) is 1. The topological polar surface area (TPSA) is 29.9 Å². The molecule has 0 aliphatic heterocycles. The van der Waals surface area contributed by atoms with Crippen LogP contribution in [0.15, 0.2) is 34.2 Å². The molecule has 3 nitrogen and oxygen atoms in total. The second-order valence-electron chi connectivity index (χ2n) is 4.54. The van der Waals surface area contributed by atoms with Crippen molar-refractivity contribution in [1.29, 1.82) is 0 Å². The maximum atomic E-state index is 6.34. The normalized spacial score (nSPS) is 12.7. The summed E-state index contributed by atoms with van der Waals surface area (Å²) < 4.78 is 1.89. The Morgan fingerprint density at radius 2 is 2.11 bits per heavy atom. The van der Waals surface area contributed by atoms with Crippen molar-refractivity contribution in [3.63, 3.8) is 0 Å². The van der Waals surface area contributed by atoms with Gasteiger partial charge in [-0.05, 0) is 44.7 Å². The second kappa shape index (κ2) is 5.99. The molecule has 19 heavy (non-hydrogen) atoms. The van der Waals surface area contributed by atoms with Crippen molar-refractivity contribution in [2.24, 2.45) is 7.05 Å².